The molecule has 154 valence electrons. The van der Waals surface area contributed by atoms with E-state index in [1.54, 1.807) is 10.5 Å². The number of aromatic nitrogens is 3. The topological polar surface area (TPSA) is 39.3 Å². The Morgan fingerprint density at radius 1 is 0.871 bits per heavy atom. The van der Waals surface area contributed by atoms with E-state index in [2.05, 4.69) is 37.5 Å². The molecule has 0 unspecified atom stereocenters. The van der Waals surface area contributed by atoms with Crippen molar-refractivity contribution in [1.29, 1.82) is 0 Å². The van der Waals surface area contributed by atoms with Crippen molar-refractivity contribution in [2.24, 2.45) is 0 Å². The molecule has 5 heteroatoms. The van der Waals surface area contributed by atoms with Gasteiger partial charge in [0.1, 0.15) is 0 Å². The summed E-state index contributed by atoms with van der Waals surface area (Å²) in [6, 6.07) is 21.4. The Morgan fingerprint density at radius 3 is 2.19 bits per heavy atom. The fraction of sp³-hybridized carbons (Fsp3) is 0.154. The summed E-state index contributed by atoms with van der Waals surface area (Å²) in [5, 5.41) is 0.654. The van der Waals surface area contributed by atoms with E-state index in [0.29, 0.717) is 23.0 Å². The highest BCUT2D eigenvalue weighted by atomic mass is 35.5. The first-order valence-electron chi connectivity index (χ1n) is 10.3. The third kappa shape index (κ3) is 3.33. The largest absolute Gasteiger partial charge is 0.305 e. The molecule has 31 heavy (non-hydrogen) atoms. The van der Waals surface area contributed by atoms with E-state index < -0.39 is 0 Å². The molecule has 0 saturated carbocycles. The number of hydrogen-bond donors (Lipinski definition) is 0. The Bertz CT molecular complexity index is 1490. The second kappa shape index (κ2) is 7.40. The number of halogens is 1. The van der Waals surface area contributed by atoms with Crippen LogP contribution in [0.3, 0.4) is 0 Å². The maximum absolute atomic E-state index is 13.2. The molecule has 3 aromatic carbocycles. The van der Waals surface area contributed by atoms with E-state index in [-0.39, 0.29) is 5.56 Å². The SMILES string of the molecule is Cc1cc(C)c(Cn2c3ccccc3n3c(=O)cc(-c4ccc(Cl)cc4)nc23)c(C)c1. The fourth-order valence-electron chi connectivity index (χ4n) is 4.41. The molecule has 0 aliphatic rings. The lowest BCUT2D eigenvalue weighted by molar-refractivity contribution is 0.822. The second-order valence-electron chi connectivity index (χ2n) is 8.07. The van der Waals surface area contributed by atoms with Gasteiger partial charge in [0.05, 0.1) is 23.3 Å². The summed E-state index contributed by atoms with van der Waals surface area (Å²) in [5.41, 5.74) is 8.24. The lowest BCUT2D eigenvalue weighted by Gasteiger charge is -2.13. The molecular weight excluding hydrogens is 406 g/mol. The predicted molar refractivity (Wildman–Crippen MR) is 127 cm³/mol. The molecule has 0 fully saturated rings. The molecule has 2 aromatic heterocycles. The lowest BCUT2D eigenvalue weighted by Crippen LogP contribution is -2.15. The molecule has 0 atom stereocenters. The predicted octanol–water partition coefficient (Wildman–Crippen LogP) is 5.94. The number of aryl methyl sites for hydroxylation is 3. The van der Waals surface area contributed by atoms with Gasteiger partial charge in [-0.1, -0.05) is 53.6 Å². The third-order valence-electron chi connectivity index (χ3n) is 5.85. The van der Waals surface area contributed by atoms with Crippen LogP contribution in [0.4, 0.5) is 0 Å². The molecule has 4 nitrogen and oxygen atoms in total. The second-order valence-corrected chi connectivity index (χ2v) is 8.51. The maximum atomic E-state index is 13.2. The Hall–Kier alpha value is -3.37. The number of imidazole rings is 1. The van der Waals surface area contributed by atoms with Crippen molar-refractivity contribution in [2.75, 3.05) is 0 Å². The minimum atomic E-state index is -0.0951. The highest BCUT2D eigenvalue weighted by Gasteiger charge is 2.17. The highest BCUT2D eigenvalue weighted by Crippen LogP contribution is 2.25. The van der Waals surface area contributed by atoms with Crippen molar-refractivity contribution in [3.63, 3.8) is 0 Å². The average molecular weight is 428 g/mol. The molecule has 0 radical (unpaired) electrons. The van der Waals surface area contributed by atoms with Crippen LogP contribution >= 0.6 is 11.6 Å². The molecule has 2 heterocycles. The Kier molecular flexibility index (Phi) is 4.67. The average Bonchev–Trinajstić information content (AvgIpc) is 3.05. The van der Waals surface area contributed by atoms with Crippen LogP contribution in [0, 0.1) is 20.8 Å². The summed E-state index contributed by atoms with van der Waals surface area (Å²) >= 11 is 6.04. The van der Waals surface area contributed by atoms with E-state index in [9.17, 15) is 4.79 Å². The van der Waals surface area contributed by atoms with Gasteiger partial charge in [0.25, 0.3) is 5.56 Å². The maximum Gasteiger partial charge on any atom is 0.260 e. The molecule has 0 bridgehead atoms. The van der Waals surface area contributed by atoms with Gasteiger partial charge in [-0.25, -0.2) is 9.38 Å². The van der Waals surface area contributed by atoms with Crippen LogP contribution < -0.4 is 5.56 Å². The van der Waals surface area contributed by atoms with Gasteiger partial charge in [0.15, 0.2) is 0 Å². The van der Waals surface area contributed by atoms with Gasteiger partial charge in [-0.15, -0.1) is 0 Å². The van der Waals surface area contributed by atoms with Crippen LogP contribution in [0.5, 0.6) is 0 Å². The lowest BCUT2D eigenvalue weighted by atomic mass is 10.00. The van der Waals surface area contributed by atoms with E-state index in [0.717, 1.165) is 16.6 Å². The molecule has 0 N–H and O–H groups in total. The van der Waals surface area contributed by atoms with Gasteiger partial charge in [0, 0.05) is 16.7 Å². The van der Waals surface area contributed by atoms with Crippen molar-refractivity contribution in [3.8, 4) is 11.3 Å². The van der Waals surface area contributed by atoms with Gasteiger partial charge < -0.3 is 4.57 Å². The van der Waals surface area contributed by atoms with Crippen LogP contribution in [0.1, 0.15) is 22.3 Å². The van der Waals surface area contributed by atoms with E-state index >= 15 is 0 Å². The third-order valence-corrected chi connectivity index (χ3v) is 6.10. The number of para-hydroxylation sites is 2. The molecule has 0 aliphatic heterocycles. The first kappa shape index (κ1) is 19.6. The quantitative estimate of drug-likeness (QED) is 0.357. The van der Waals surface area contributed by atoms with Crippen molar-refractivity contribution < 1.29 is 0 Å². The number of rotatable bonds is 3. The van der Waals surface area contributed by atoms with Crippen molar-refractivity contribution >= 4 is 28.4 Å². The minimum Gasteiger partial charge on any atom is -0.305 e. The Balaban J connectivity index is 1.80. The summed E-state index contributed by atoms with van der Waals surface area (Å²) in [4.78, 5) is 18.1. The van der Waals surface area contributed by atoms with Gasteiger partial charge in [-0.3, -0.25) is 4.79 Å². The van der Waals surface area contributed by atoms with Crippen molar-refractivity contribution in [2.45, 2.75) is 27.3 Å². The molecule has 0 spiro atoms. The number of hydrogen-bond acceptors (Lipinski definition) is 2. The van der Waals surface area contributed by atoms with Crippen LogP contribution in [0.15, 0.2) is 71.5 Å². The van der Waals surface area contributed by atoms with Crippen LogP contribution in [-0.2, 0) is 6.54 Å². The van der Waals surface area contributed by atoms with Crippen LogP contribution in [0.25, 0.3) is 28.1 Å². The molecule has 0 saturated heterocycles. The van der Waals surface area contributed by atoms with E-state index in [1.807, 2.05) is 48.5 Å². The Morgan fingerprint density at radius 2 is 1.52 bits per heavy atom. The highest BCUT2D eigenvalue weighted by molar-refractivity contribution is 6.30. The Labute approximate surface area is 185 Å². The monoisotopic (exact) mass is 427 g/mol. The smallest absolute Gasteiger partial charge is 0.260 e. The number of nitrogens with zero attached hydrogens (tertiary/aromatic N) is 3. The molecule has 0 amide bonds. The van der Waals surface area contributed by atoms with Gasteiger partial charge in [-0.2, -0.15) is 0 Å². The van der Waals surface area contributed by atoms with E-state index in [4.69, 9.17) is 16.6 Å². The minimum absolute atomic E-state index is 0.0951. The summed E-state index contributed by atoms with van der Waals surface area (Å²) in [6.45, 7) is 7.04. The summed E-state index contributed by atoms with van der Waals surface area (Å²) in [7, 11) is 0. The zero-order valence-corrected chi connectivity index (χ0v) is 18.4. The summed E-state index contributed by atoms with van der Waals surface area (Å²) in [5.74, 6) is 0.637. The fourth-order valence-corrected chi connectivity index (χ4v) is 4.53. The molecule has 5 rings (SSSR count). The number of benzene rings is 3. The van der Waals surface area contributed by atoms with Crippen molar-refractivity contribution in [1.82, 2.24) is 14.0 Å². The van der Waals surface area contributed by atoms with Crippen molar-refractivity contribution in [3.05, 3.63) is 104 Å². The van der Waals surface area contributed by atoms with Gasteiger partial charge in [-0.05, 0) is 61.7 Å². The first-order chi connectivity index (χ1) is 14.9. The van der Waals surface area contributed by atoms with Crippen LogP contribution in [-0.4, -0.2) is 14.0 Å². The zero-order chi connectivity index (χ0) is 21.7. The summed E-state index contributed by atoms with van der Waals surface area (Å²) in [6.07, 6.45) is 0. The normalized spacial score (nSPS) is 11.5. The standard InChI is InChI=1S/C26H22ClN3O/c1-16-12-17(2)21(18(3)13-16)15-29-23-6-4-5-7-24(23)30-25(31)14-22(28-26(29)30)19-8-10-20(27)11-9-19/h4-14H,15H2,1-3H3. The first-order valence-corrected chi connectivity index (χ1v) is 10.6. The van der Waals surface area contributed by atoms with Gasteiger partial charge in [0.2, 0.25) is 5.78 Å². The summed E-state index contributed by atoms with van der Waals surface area (Å²) < 4.78 is 3.84. The number of fused-ring (bicyclic) bond motifs is 3. The molecular formula is C26H22ClN3O. The molecule has 0 aliphatic carbocycles. The van der Waals surface area contributed by atoms with E-state index in [1.165, 1.54) is 22.3 Å². The molecule has 5 aromatic rings. The van der Waals surface area contributed by atoms with Gasteiger partial charge >= 0.3 is 0 Å². The zero-order valence-electron chi connectivity index (χ0n) is 17.7. The van der Waals surface area contributed by atoms with Crippen LogP contribution in [0.2, 0.25) is 5.02 Å².